The Kier molecular flexibility index (Phi) is 8.52. The van der Waals surface area contributed by atoms with Crippen LogP contribution in [0, 0.1) is 25.5 Å². The van der Waals surface area contributed by atoms with Gasteiger partial charge in [-0.25, -0.2) is 18.3 Å². The number of aromatic nitrogens is 3. The molecular weight excluding hydrogens is 564 g/mol. The van der Waals surface area contributed by atoms with Gasteiger partial charge in [-0.1, -0.05) is 36.4 Å². The van der Waals surface area contributed by atoms with Gasteiger partial charge >= 0.3 is 5.97 Å². The molecule has 1 aliphatic rings. The van der Waals surface area contributed by atoms with Crippen LogP contribution in [0.2, 0.25) is 0 Å². The predicted octanol–water partition coefficient (Wildman–Crippen LogP) is 7.35. The maximum atomic E-state index is 15.3. The first-order valence-electron chi connectivity index (χ1n) is 14.5. The summed E-state index contributed by atoms with van der Waals surface area (Å²) in [6.45, 7) is 9.34. The van der Waals surface area contributed by atoms with Gasteiger partial charge < -0.3 is 14.9 Å². The van der Waals surface area contributed by atoms with E-state index in [2.05, 4.69) is 4.98 Å². The molecule has 0 saturated heterocycles. The molecule has 228 valence electrons. The van der Waals surface area contributed by atoms with Gasteiger partial charge in [-0.05, 0) is 76.8 Å². The molecule has 7 nitrogen and oxygen atoms in total. The van der Waals surface area contributed by atoms with Crippen molar-refractivity contribution in [2.75, 3.05) is 6.61 Å². The fourth-order valence-corrected chi connectivity index (χ4v) is 5.38. The van der Waals surface area contributed by atoms with Crippen molar-refractivity contribution in [1.29, 1.82) is 0 Å². The first kappa shape index (κ1) is 30.8. The molecule has 2 N–H and O–H groups in total. The zero-order chi connectivity index (χ0) is 31.8. The van der Waals surface area contributed by atoms with Crippen molar-refractivity contribution in [2.24, 2.45) is 0 Å². The Hall–Kier alpha value is -4.63. The SMILES string of the molecule is CC(C)(C)O.Cc1nc2cc(-c3cccc(-c4ccccc4F)c3)nn2c(-c2cc(F)c3c(c2C)CCCO3)c1CC(=O)O. The topological polar surface area (TPSA) is 97.0 Å². The standard InChI is InChI=1S/C31H25F2N3O3.C4H10O/c1-17-21-10-6-12-39-31(21)26(33)14-23(17)30-24(15-29(37)38)18(2)34-28-16-27(35-36(28)30)20-8-5-7-19(13-20)22-9-3-4-11-25(22)32;1-4(2,3)5/h3-5,7-9,11,13-14,16H,6,10,12,15H2,1-2H3,(H,37,38);5H,1-3H3. The molecule has 3 heterocycles. The van der Waals surface area contributed by atoms with Crippen LogP contribution in [0.3, 0.4) is 0 Å². The Bertz CT molecular complexity index is 1870. The lowest BCUT2D eigenvalue weighted by atomic mass is 9.91. The van der Waals surface area contributed by atoms with Gasteiger partial charge in [0.25, 0.3) is 0 Å². The van der Waals surface area contributed by atoms with Crippen LogP contribution in [-0.2, 0) is 17.6 Å². The molecular formula is C35H35F2N3O4. The molecule has 44 heavy (non-hydrogen) atoms. The molecule has 0 spiro atoms. The molecule has 3 aromatic carbocycles. The fraction of sp³-hybridized carbons (Fsp3) is 0.286. The second-order valence-corrected chi connectivity index (χ2v) is 11.9. The fourth-order valence-electron chi connectivity index (χ4n) is 5.38. The summed E-state index contributed by atoms with van der Waals surface area (Å²) in [6.07, 6.45) is 1.14. The van der Waals surface area contributed by atoms with Crippen LogP contribution < -0.4 is 4.74 Å². The number of carbonyl (C=O) groups is 1. The number of aliphatic carboxylic acids is 1. The zero-order valence-electron chi connectivity index (χ0n) is 25.4. The largest absolute Gasteiger partial charge is 0.490 e. The zero-order valence-corrected chi connectivity index (χ0v) is 25.4. The summed E-state index contributed by atoms with van der Waals surface area (Å²) >= 11 is 0. The summed E-state index contributed by atoms with van der Waals surface area (Å²) in [7, 11) is 0. The summed E-state index contributed by atoms with van der Waals surface area (Å²) in [4.78, 5) is 16.5. The Balaban J connectivity index is 0.000000712. The molecule has 5 aromatic rings. The average Bonchev–Trinajstić information content (AvgIpc) is 3.38. The number of fused-ring (bicyclic) bond motifs is 2. The van der Waals surface area contributed by atoms with E-state index >= 15 is 4.39 Å². The molecule has 6 rings (SSSR count). The van der Waals surface area contributed by atoms with Gasteiger partial charge in [0.15, 0.2) is 17.2 Å². The molecule has 0 saturated carbocycles. The molecule has 9 heteroatoms. The van der Waals surface area contributed by atoms with Crippen LogP contribution in [0.15, 0.2) is 60.7 Å². The molecule has 2 aromatic heterocycles. The van der Waals surface area contributed by atoms with Crippen molar-refractivity contribution >= 4 is 11.6 Å². The number of rotatable bonds is 5. The van der Waals surface area contributed by atoms with Crippen molar-refractivity contribution in [3.63, 3.8) is 0 Å². The summed E-state index contributed by atoms with van der Waals surface area (Å²) in [5.74, 6) is -1.57. The highest BCUT2D eigenvalue weighted by Crippen LogP contribution is 2.39. The quantitative estimate of drug-likeness (QED) is 0.219. The van der Waals surface area contributed by atoms with Gasteiger partial charge in [0.2, 0.25) is 0 Å². The number of halogens is 2. The summed E-state index contributed by atoms with van der Waals surface area (Å²) in [6, 6.07) is 17.2. The van der Waals surface area contributed by atoms with Crippen LogP contribution in [-0.4, -0.2) is 43.0 Å². The minimum Gasteiger partial charge on any atom is -0.490 e. The van der Waals surface area contributed by atoms with E-state index < -0.39 is 17.4 Å². The second-order valence-electron chi connectivity index (χ2n) is 11.9. The number of hydrogen-bond acceptors (Lipinski definition) is 5. The lowest BCUT2D eigenvalue weighted by Crippen LogP contribution is -2.14. The normalized spacial score (nSPS) is 12.7. The summed E-state index contributed by atoms with van der Waals surface area (Å²) in [5.41, 5.74) is 6.13. The van der Waals surface area contributed by atoms with Gasteiger partial charge in [-0.2, -0.15) is 5.10 Å². The molecule has 0 unspecified atom stereocenters. The van der Waals surface area contributed by atoms with Crippen LogP contribution in [0.5, 0.6) is 5.75 Å². The number of hydrogen-bond donors (Lipinski definition) is 2. The second kappa shape index (κ2) is 12.2. The van der Waals surface area contributed by atoms with Crippen molar-refractivity contribution < 1.29 is 28.5 Å². The van der Waals surface area contributed by atoms with Gasteiger partial charge in [-0.3, -0.25) is 4.79 Å². The number of carboxylic acid groups (broad SMARTS) is 1. The molecule has 0 fully saturated rings. The number of benzene rings is 3. The van der Waals surface area contributed by atoms with E-state index in [0.29, 0.717) is 58.0 Å². The van der Waals surface area contributed by atoms with Crippen molar-refractivity contribution in [2.45, 2.75) is 59.5 Å². The lowest BCUT2D eigenvalue weighted by Gasteiger charge is -2.23. The summed E-state index contributed by atoms with van der Waals surface area (Å²) in [5, 5.41) is 23.1. The lowest BCUT2D eigenvalue weighted by molar-refractivity contribution is -0.136. The van der Waals surface area contributed by atoms with Gasteiger partial charge in [-0.15, -0.1) is 0 Å². The van der Waals surface area contributed by atoms with E-state index in [0.717, 1.165) is 23.1 Å². The van der Waals surface area contributed by atoms with Gasteiger partial charge in [0, 0.05) is 39.6 Å². The van der Waals surface area contributed by atoms with Gasteiger partial charge in [0.1, 0.15) is 5.82 Å². The van der Waals surface area contributed by atoms with E-state index in [9.17, 15) is 14.3 Å². The monoisotopic (exact) mass is 599 g/mol. The van der Waals surface area contributed by atoms with Crippen LogP contribution >= 0.6 is 0 Å². The molecule has 0 amide bonds. The maximum Gasteiger partial charge on any atom is 0.307 e. The molecule has 0 radical (unpaired) electrons. The average molecular weight is 600 g/mol. The Labute approximate surface area is 254 Å². The number of nitrogens with zero attached hydrogens (tertiary/aromatic N) is 3. The van der Waals surface area contributed by atoms with Gasteiger partial charge in [0.05, 0.1) is 30.0 Å². The highest BCUT2D eigenvalue weighted by Gasteiger charge is 2.26. The number of aliphatic hydroxyl groups is 1. The highest BCUT2D eigenvalue weighted by molar-refractivity contribution is 5.80. The molecule has 0 aliphatic carbocycles. The van der Waals surface area contributed by atoms with Crippen LogP contribution in [0.1, 0.15) is 49.6 Å². The van der Waals surface area contributed by atoms with E-state index in [1.54, 1.807) is 56.5 Å². The molecule has 1 aliphatic heterocycles. The Morgan fingerprint density at radius 1 is 0.977 bits per heavy atom. The predicted molar refractivity (Wildman–Crippen MR) is 166 cm³/mol. The first-order valence-corrected chi connectivity index (χ1v) is 14.5. The Morgan fingerprint density at radius 3 is 2.39 bits per heavy atom. The highest BCUT2D eigenvalue weighted by atomic mass is 19.1. The number of carboxylic acids is 1. The van der Waals surface area contributed by atoms with E-state index in [1.807, 2.05) is 31.2 Å². The van der Waals surface area contributed by atoms with E-state index in [4.69, 9.17) is 14.9 Å². The minimum absolute atomic E-state index is 0.260. The van der Waals surface area contributed by atoms with Crippen molar-refractivity contribution in [1.82, 2.24) is 14.6 Å². The molecule has 0 atom stereocenters. The third kappa shape index (κ3) is 6.48. The van der Waals surface area contributed by atoms with E-state index in [1.165, 1.54) is 12.1 Å². The first-order chi connectivity index (χ1) is 20.8. The number of aryl methyl sites for hydroxylation is 1. The Morgan fingerprint density at radius 2 is 1.68 bits per heavy atom. The van der Waals surface area contributed by atoms with Crippen molar-refractivity contribution in [3.05, 3.63) is 94.7 Å². The van der Waals surface area contributed by atoms with Crippen LogP contribution in [0.25, 0.3) is 39.3 Å². The van der Waals surface area contributed by atoms with E-state index in [-0.39, 0.29) is 18.0 Å². The maximum absolute atomic E-state index is 15.3. The number of ether oxygens (including phenoxy) is 1. The molecule has 0 bridgehead atoms. The van der Waals surface area contributed by atoms with Crippen molar-refractivity contribution in [3.8, 4) is 39.4 Å². The third-order valence-corrected chi connectivity index (χ3v) is 7.27. The van der Waals surface area contributed by atoms with Crippen LogP contribution in [0.4, 0.5) is 8.78 Å². The minimum atomic E-state index is -1.02. The third-order valence-electron chi connectivity index (χ3n) is 7.27. The summed E-state index contributed by atoms with van der Waals surface area (Å²) < 4.78 is 37.0. The smallest absolute Gasteiger partial charge is 0.307 e.